The van der Waals surface area contributed by atoms with Gasteiger partial charge in [0.15, 0.2) is 0 Å². The molecule has 1 saturated carbocycles. The van der Waals surface area contributed by atoms with Gasteiger partial charge in [-0.25, -0.2) is 0 Å². The van der Waals surface area contributed by atoms with Crippen LogP contribution in [0.3, 0.4) is 0 Å². The molecule has 0 aromatic heterocycles. The Morgan fingerprint density at radius 3 is 2.16 bits per heavy atom. The van der Waals surface area contributed by atoms with Crippen LogP contribution in [0.2, 0.25) is 0 Å². The van der Waals surface area contributed by atoms with Crippen LogP contribution in [-0.2, 0) is 20.2 Å². The Morgan fingerprint density at radius 2 is 1.74 bits per heavy atom. The first-order chi connectivity index (χ1) is 8.59. The first kappa shape index (κ1) is 16.9. The summed E-state index contributed by atoms with van der Waals surface area (Å²) in [7, 11) is -8.38. The molecule has 4 unspecified atom stereocenters. The van der Waals surface area contributed by atoms with Crippen LogP contribution in [0.4, 0.5) is 0 Å². The van der Waals surface area contributed by atoms with Gasteiger partial charge in [-0.05, 0) is 31.1 Å². The van der Waals surface area contributed by atoms with E-state index in [2.05, 4.69) is 0 Å². The first-order valence-electron chi connectivity index (χ1n) is 6.51. The highest BCUT2D eigenvalue weighted by molar-refractivity contribution is 7.86. The minimum absolute atomic E-state index is 0.298. The zero-order valence-electron chi connectivity index (χ0n) is 11.2. The lowest BCUT2D eigenvalue weighted by Gasteiger charge is -2.37. The highest BCUT2D eigenvalue weighted by Crippen LogP contribution is 2.39. The van der Waals surface area contributed by atoms with Crippen LogP contribution >= 0.6 is 0 Å². The van der Waals surface area contributed by atoms with Gasteiger partial charge in [0.1, 0.15) is 0 Å². The van der Waals surface area contributed by atoms with Gasteiger partial charge in [0.2, 0.25) is 0 Å². The lowest BCUT2D eigenvalue weighted by Crippen LogP contribution is -2.43. The average molecular weight is 314 g/mol. The summed E-state index contributed by atoms with van der Waals surface area (Å²) >= 11 is 0. The van der Waals surface area contributed by atoms with Gasteiger partial charge >= 0.3 is 0 Å². The van der Waals surface area contributed by atoms with Crippen molar-refractivity contribution in [2.24, 2.45) is 11.8 Å². The fourth-order valence-electron chi connectivity index (χ4n) is 3.17. The van der Waals surface area contributed by atoms with E-state index in [0.29, 0.717) is 32.1 Å². The Hall–Kier alpha value is -0.180. The van der Waals surface area contributed by atoms with E-state index in [1.165, 1.54) is 0 Å². The molecule has 0 amide bonds. The molecule has 1 aliphatic carbocycles. The summed E-state index contributed by atoms with van der Waals surface area (Å²) in [6.45, 7) is 3.45. The summed E-state index contributed by atoms with van der Waals surface area (Å²) in [4.78, 5) is 0. The molecule has 8 heteroatoms. The minimum Gasteiger partial charge on any atom is -0.285 e. The van der Waals surface area contributed by atoms with E-state index < -0.39 is 42.6 Å². The van der Waals surface area contributed by atoms with E-state index >= 15 is 0 Å². The molecule has 1 fully saturated rings. The summed E-state index contributed by atoms with van der Waals surface area (Å²) in [6, 6.07) is 0. The van der Waals surface area contributed by atoms with Gasteiger partial charge < -0.3 is 0 Å². The van der Waals surface area contributed by atoms with E-state index in [-0.39, 0.29) is 0 Å². The van der Waals surface area contributed by atoms with Gasteiger partial charge in [-0.2, -0.15) is 16.8 Å². The zero-order valence-corrected chi connectivity index (χ0v) is 12.8. The molecule has 114 valence electrons. The van der Waals surface area contributed by atoms with Crippen LogP contribution in [0.5, 0.6) is 0 Å². The SMILES string of the molecule is CCCC(C1CCCC(S(=O)(=O)O)C1C)S(=O)(=O)O. The Labute approximate surface area is 115 Å². The number of hydrogen-bond acceptors (Lipinski definition) is 4. The normalized spacial score (nSPS) is 31.1. The molecule has 0 bridgehead atoms. The molecule has 0 aromatic rings. The summed E-state index contributed by atoms with van der Waals surface area (Å²) in [5, 5.41) is -1.88. The lowest BCUT2D eigenvalue weighted by atomic mass is 9.77. The molecule has 1 aliphatic rings. The van der Waals surface area contributed by atoms with Gasteiger partial charge in [0, 0.05) is 0 Å². The zero-order chi connectivity index (χ0) is 14.8. The molecule has 0 spiro atoms. The topological polar surface area (TPSA) is 109 Å². The third kappa shape index (κ3) is 4.14. The molecule has 0 radical (unpaired) electrons. The largest absolute Gasteiger partial charge is 0.285 e. The highest BCUT2D eigenvalue weighted by Gasteiger charge is 2.43. The molecule has 0 heterocycles. The summed E-state index contributed by atoms with van der Waals surface area (Å²) < 4.78 is 64.1. The summed E-state index contributed by atoms with van der Waals surface area (Å²) in [5.41, 5.74) is 0. The van der Waals surface area contributed by atoms with Crippen LogP contribution < -0.4 is 0 Å². The highest BCUT2D eigenvalue weighted by atomic mass is 32.2. The second kappa shape index (κ2) is 6.07. The van der Waals surface area contributed by atoms with Gasteiger partial charge in [-0.3, -0.25) is 9.11 Å². The molecule has 0 aliphatic heterocycles. The van der Waals surface area contributed by atoms with Crippen molar-refractivity contribution in [3.05, 3.63) is 0 Å². The molecule has 19 heavy (non-hydrogen) atoms. The third-order valence-electron chi connectivity index (χ3n) is 4.10. The lowest BCUT2D eigenvalue weighted by molar-refractivity contribution is 0.228. The minimum atomic E-state index is -4.20. The van der Waals surface area contributed by atoms with Crippen molar-refractivity contribution in [2.75, 3.05) is 0 Å². The van der Waals surface area contributed by atoms with Crippen LogP contribution in [-0.4, -0.2) is 36.4 Å². The quantitative estimate of drug-likeness (QED) is 0.748. The maximum absolute atomic E-state index is 11.5. The second-order valence-electron chi connectivity index (χ2n) is 5.35. The predicted molar refractivity (Wildman–Crippen MR) is 72.1 cm³/mol. The molecule has 6 nitrogen and oxygen atoms in total. The van der Waals surface area contributed by atoms with Crippen LogP contribution in [0.1, 0.15) is 46.0 Å². The van der Waals surface area contributed by atoms with Crippen molar-refractivity contribution >= 4 is 20.2 Å². The van der Waals surface area contributed by atoms with Crippen molar-refractivity contribution in [1.82, 2.24) is 0 Å². The van der Waals surface area contributed by atoms with E-state index in [4.69, 9.17) is 0 Å². The second-order valence-corrected chi connectivity index (χ2v) is 8.62. The van der Waals surface area contributed by atoms with Crippen LogP contribution in [0.25, 0.3) is 0 Å². The van der Waals surface area contributed by atoms with Crippen molar-refractivity contribution in [3.63, 3.8) is 0 Å². The Kier molecular flexibility index (Phi) is 5.39. The van der Waals surface area contributed by atoms with E-state index in [9.17, 15) is 25.9 Å². The molecule has 0 aromatic carbocycles. The van der Waals surface area contributed by atoms with Gasteiger partial charge in [0.05, 0.1) is 10.5 Å². The molecule has 0 saturated heterocycles. The third-order valence-corrected chi connectivity index (χ3v) is 6.88. The van der Waals surface area contributed by atoms with E-state index in [1.54, 1.807) is 6.92 Å². The maximum atomic E-state index is 11.5. The van der Waals surface area contributed by atoms with E-state index in [1.807, 2.05) is 6.92 Å². The van der Waals surface area contributed by atoms with Crippen molar-refractivity contribution in [1.29, 1.82) is 0 Å². The molecular weight excluding hydrogens is 292 g/mol. The summed E-state index contributed by atoms with van der Waals surface area (Å²) in [5.74, 6) is -0.919. The fraction of sp³-hybridized carbons (Fsp3) is 1.00. The molecule has 1 rings (SSSR count). The maximum Gasteiger partial charge on any atom is 0.268 e. The van der Waals surface area contributed by atoms with Crippen molar-refractivity contribution < 1.29 is 25.9 Å². The standard InChI is InChI=1S/C11H22O6S2/c1-3-5-11(19(15,16)17)9-6-4-7-10(8(9)2)18(12,13)14/h8-11H,3-7H2,1-2H3,(H,12,13,14)(H,15,16,17). The van der Waals surface area contributed by atoms with Gasteiger partial charge in [-0.1, -0.05) is 26.7 Å². The Bertz CT molecular complexity index is 495. The smallest absolute Gasteiger partial charge is 0.268 e. The van der Waals surface area contributed by atoms with Crippen molar-refractivity contribution in [3.8, 4) is 0 Å². The Morgan fingerprint density at radius 1 is 1.16 bits per heavy atom. The molecular formula is C11H22O6S2. The number of hydrogen-bond donors (Lipinski definition) is 2. The predicted octanol–water partition coefficient (Wildman–Crippen LogP) is 1.74. The van der Waals surface area contributed by atoms with Crippen LogP contribution in [0, 0.1) is 11.8 Å². The molecule has 2 N–H and O–H groups in total. The first-order valence-corrected chi connectivity index (χ1v) is 9.52. The van der Waals surface area contributed by atoms with Crippen LogP contribution in [0.15, 0.2) is 0 Å². The van der Waals surface area contributed by atoms with E-state index in [0.717, 1.165) is 0 Å². The Balaban J connectivity index is 3.04. The van der Waals surface area contributed by atoms with Gasteiger partial charge in [-0.15, -0.1) is 0 Å². The van der Waals surface area contributed by atoms with Crippen molar-refractivity contribution in [2.45, 2.75) is 56.5 Å². The monoisotopic (exact) mass is 314 g/mol. The van der Waals surface area contributed by atoms with Gasteiger partial charge in [0.25, 0.3) is 20.2 Å². The number of rotatable bonds is 5. The molecule has 4 atom stereocenters. The fourth-order valence-corrected chi connectivity index (χ4v) is 5.74. The summed E-state index contributed by atoms with van der Waals surface area (Å²) in [6.07, 6.45) is 2.31. The average Bonchev–Trinajstić information content (AvgIpc) is 2.23.